The van der Waals surface area contributed by atoms with Gasteiger partial charge in [0.05, 0.1) is 7.11 Å². The van der Waals surface area contributed by atoms with Gasteiger partial charge >= 0.3 is 12.4 Å². The third-order valence-electron chi connectivity index (χ3n) is 4.52. The number of urea groups is 1. The Morgan fingerprint density at radius 2 is 1.76 bits per heavy atom. The molecule has 2 aromatic carbocycles. The largest absolute Gasteiger partial charge is 0.573 e. The lowest BCUT2D eigenvalue weighted by Crippen LogP contribution is -2.39. The summed E-state index contributed by atoms with van der Waals surface area (Å²) in [7, 11) is 1.63. The molecule has 0 aliphatic carbocycles. The fourth-order valence-electron chi connectivity index (χ4n) is 3.18. The highest BCUT2D eigenvalue weighted by Gasteiger charge is 2.31. The lowest BCUT2D eigenvalue weighted by atomic mass is 10.2. The first-order valence-electron chi connectivity index (χ1n) is 9.09. The predicted octanol–water partition coefficient (Wildman–Crippen LogP) is 3.99. The Bertz CT molecular complexity index is 810. The molecule has 1 aliphatic rings. The van der Waals surface area contributed by atoms with Crippen LogP contribution in [0.3, 0.4) is 0 Å². The van der Waals surface area contributed by atoms with Crippen LogP contribution in [0.15, 0.2) is 48.5 Å². The number of nitrogens with one attached hydrogen (secondary N) is 2. The number of alkyl halides is 3. The average molecular weight is 409 g/mol. The van der Waals surface area contributed by atoms with Crippen molar-refractivity contribution in [3.05, 3.63) is 54.1 Å². The number of nitrogens with zero attached hydrogens (tertiary/aromatic N) is 1. The molecular formula is C20H22F3N3O3. The second kappa shape index (κ2) is 9.04. The van der Waals surface area contributed by atoms with Gasteiger partial charge in [-0.2, -0.15) is 0 Å². The van der Waals surface area contributed by atoms with E-state index in [9.17, 15) is 18.0 Å². The van der Waals surface area contributed by atoms with Gasteiger partial charge in [-0.05, 0) is 48.4 Å². The Kier molecular flexibility index (Phi) is 6.48. The Morgan fingerprint density at radius 3 is 2.38 bits per heavy atom. The van der Waals surface area contributed by atoms with Crippen LogP contribution >= 0.6 is 0 Å². The van der Waals surface area contributed by atoms with E-state index in [1.54, 1.807) is 7.11 Å². The minimum absolute atomic E-state index is 0.00100. The molecule has 2 N–H and O–H groups in total. The van der Waals surface area contributed by atoms with Crippen LogP contribution in [0.1, 0.15) is 12.0 Å². The zero-order chi connectivity index (χ0) is 20.9. The van der Waals surface area contributed by atoms with Gasteiger partial charge in [-0.3, -0.25) is 4.90 Å². The predicted molar refractivity (Wildman–Crippen MR) is 102 cm³/mol. The molecule has 9 heteroatoms. The summed E-state index contributed by atoms with van der Waals surface area (Å²) >= 11 is 0. The summed E-state index contributed by atoms with van der Waals surface area (Å²) in [4.78, 5) is 14.4. The molecule has 1 fully saturated rings. The quantitative estimate of drug-likeness (QED) is 0.758. The maximum atomic E-state index is 12.2. The molecule has 156 valence electrons. The van der Waals surface area contributed by atoms with E-state index in [1.807, 2.05) is 24.3 Å². The standard InChI is InChI=1S/C20H22F3N3O3/c1-28-17-6-2-14(3-7-17)12-26-11-10-16(13-26)25-19(27)24-15-4-8-18(9-5-15)29-20(21,22)23/h2-9,16H,10-13H2,1H3,(H2,24,25,27). The summed E-state index contributed by atoms with van der Waals surface area (Å²) in [5.74, 6) is 0.470. The van der Waals surface area contributed by atoms with Crippen molar-refractivity contribution >= 4 is 11.7 Å². The van der Waals surface area contributed by atoms with Gasteiger partial charge in [0, 0.05) is 31.4 Å². The van der Waals surface area contributed by atoms with Crippen molar-refractivity contribution in [2.45, 2.75) is 25.4 Å². The van der Waals surface area contributed by atoms with Crippen LogP contribution in [0, 0.1) is 0 Å². The summed E-state index contributed by atoms with van der Waals surface area (Å²) in [5, 5.41) is 5.51. The fourth-order valence-corrected chi connectivity index (χ4v) is 3.18. The summed E-state index contributed by atoms with van der Waals surface area (Å²) < 4.78 is 45.5. The van der Waals surface area contributed by atoms with Crippen molar-refractivity contribution in [1.82, 2.24) is 10.2 Å². The molecule has 0 radical (unpaired) electrons. The van der Waals surface area contributed by atoms with E-state index in [-0.39, 0.29) is 11.8 Å². The monoisotopic (exact) mass is 409 g/mol. The highest BCUT2D eigenvalue weighted by atomic mass is 19.4. The van der Waals surface area contributed by atoms with Crippen LogP contribution in [0.25, 0.3) is 0 Å². The molecule has 29 heavy (non-hydrogen) atoms. The summed E-state index contributed by atoms with van der Waals surface area (Å²) in [6, 6.07) is 12.5. The normalized spacial score (nSPS) is 17.0. The van der Waals surface area contributed by atoms with Gasteiger partial charge in [-0.15, -0.1) is 13.2 Å². The highest BCUT2D eigenvalue weighted by Crippen LogP contribution is 2.24. The number of carbonyl (C=O) groups excluding carboxylic acids is 1. The summed E-state index contributed by atoms with van der Waals surface area (Å²) in [5.41, 5.74) is 1.54. The van der Waals surface area contributed by atoms with E-state index >= 15 is 0 Å². The molecule has 0 aromatic heterocycles. The average Bonchev–Trinajstić information content (AvgIpc) is 3.09. The van der Waals surface area contributed by atoms with Crippen molar-refractivity contribution in [1.29, 1.82) is 0 Å². The number of hydrogen-bond donors (Lipinski definition) is 2. The number of carbonyl (C=O) groups is 1. The van der Waals surface area contributed by atoms with Gasteiger partial charge in [0.1, 0.15) is 11.5 Å². The maximum Gasteiger partial charge on any atom is 0.573 e. The SMILES string of the molecule is COc1ccc(CN2CCC(NC(=O)Nc3ccc(OC(F)(F)F)cc3)C2)cc1. The molecule has 3 rings (SSSR count). The Balaban J connectivity index is 1.44. The number of methoxy groups -OCH3 is 1. The molecule has 0 spiro atoms. The van der Waals surface area contributed by atoms with E-state index in [2.05, 4.69) is 20.3 Å². The third kappa shape index (κ3) is 6.56. The molecule has 2 aromatic rings. The van der Waals surface area contributed by atoms with E-state index in [0.717, 1.165) is 49.5 Å². The Morgan fingerprint density at radius 1 is 1.10 bits per heavy atom. The third-order valence-corrected chi connectivity index (χ3v) is 4.52. The summed E-state index contributed by atoms with van der Waals surface area (Å²) in [6.45, 7) is 2.36. The van der Waals surface area contributed by atoms with E-state index in [0.29, 0.717) is 5.69 Å². The van der Waals surface area contributed by atoms with Gasteiger partial charge in [0.25, 0.3) is 0 Å². The first-order valence-corrected chi connectivity index (χ1v) is 9.09. The van der Waals surface area contributed by atoms with Crippen molar-refractivity contribution < 1.29 is 27.4 Å². The second-order valence-corrected chi connectivity index (χ2v) is 6.74. The molecule has 6 nitrogen and oxygen atoms in total. The zero-order valence-corrected chi connectivity index (χ0v) is 15.8. The minimum atomic E-state index is -4.74. The molecule has 2 amide bonds. The van der Waals surface area contributed by atoms with Gasteiger partial charge in [0.2, 0.25) is 0 Å². The Hall–Kier alpha value is -2.94. The number of anilines is 1. The van der Waals surface area contributed by atoms with Crippen LogP contribution in [-0.4, -0.2) is 43.5 Å². The smallest absolute Gasteiger partial charge is 0.497 e. The highest BCUT2D eigenvalue weighted by molar-refractivity contribution is 5.89. The molecule has 1 unspecified atom stereocenters. The number of benzene rings is 2. The van der Waals surface area contributed by atoms with Gasteiger partial charge in [0.15, 0.2) is 0 Å². The lowest BCUT2D eigenvalue weighted by molar-refractivity contribution is -0.274. The van der Waals surface area contributed by atoms with E-state index in [4.69, 9.17) is 4.74 Å². The number of likely N-dealkylation sites (tertiary alicyclic amines) is 1. The first-order chi connectivity index (χ1) is 13.8. The molecule has 0 bridgehead atoms. The topological polar surface area (TPSA) is 62.8 Å². The fraction of sp³-hybridized carbons (Fsp3) is 0.350. The number of ether oxygens (including phenoxy) is 2. The number of rotatable bonds is 6. The van der Waals surface area contributed by atoms with Crippen molar-refractivity contribution in [2.24, 2.45) is 0 Å². The molecule has 0 saturated carbocycles. The second-order valence-electron chi connectivity index (χ2n) is 6.74. The molecule has 1 aliphatic heterocycles. The van der Waals surface area contributed by atoms with E-state index in [1.165, 1.54) is 12.1 Å². The van der Waals surface area contributed by atoms with Gasteiger partial charge in [-0.25, -0.2) is 4.79 Å². The van der Waals surface area contributed by atoms with Crippen LogP contribution in [0.2, 0.25) is 0 Å². The number of amides is 2. The molecule has 1 atom stereocenters. The number of hydrogen-bond acceptors (Lipinski definition) is 4. The van der Waals surface area contributed by atoms with Crippen molar-refractivity contribution in [2.75, 3.05) is 25.5 Å². The molecule has 1 saturated heterocycles. The van der Waals surface area contributed by atoms with E-state index < -0.39 is 12.4 Å². The summed E-state index contributed by atoms with van der Waals surface area (Å²) in [6.07, 6.45) is -3.92. The Labute approximate surface area is 166 Å². The number of halogens is 3. The van der Waals surface area contributed by atoms with Crippen LogP contribution in [0.5, 0.6) is 11.5 Å². The maximum absolute atomic E-state index is 12.2. The molecule has 1 heterocycles. The van der Waals surface area contributed by atoms with Crippen LogP contribution in [0.4, 0.5) is 23.7 Å². The zero-order valence-electron chi connectivity index (χ0n) is 15.8. The molecular weight excluding hydrogens is 387 g/mol. The van der Waals surface area contributed by atoms with Crippen LogP contribution < -0.4 is 20.1 Å². The van der Waals surface area contributed by atoms with Gasteiger partial charge in [-0.1, -0.05) is 12.1 Å². The van der Waals surface area contributed by atoms with Crippen molar-refractivity contribution in [3.8, 4) is 11.5 Å². The first kappa shape index (κ1) is 20.8. The van der Waals surface area contributed by atoms with Gasteiger partial charge < -0.3 is 20.1 Å². The minimum Gasteiger partial charge on any atom is -0.497 e. The van der Waals surface area contributed by atoms with Crippen molar-refractivity contribution in [3.63, 3.8) is 0 Å². The lowest BCUT2D eigenvalue weighted by Gasteiger charge is -2.17. The van der Waals surface area contributed by atoms with Crippen LogP contribution in [-0.2, 0) is 6.54 Å².